The third-order valence-electron chi connectivity index (χ3n) is 5.99. The zero-order valence-corrected chi connectivity index (χ0v) is 19.5. The first-order valence-electron chi connectivity index (χ1n) is 10.9. The Morgan fingerprint density at radius 1 is 1.29 bits per heavy atom. The average molecular weight is 495 g/mol. The number of amides is 1. The minimum atomic E-state index is -1.03. The number of hydrogen-bond acceptors (Lipinski definition) is 5. The first-order valence-corrected chi connectivity index (χ1v) is 11.7. The third-order valence-corrected chi connectivity index (χ3v) is 7.03. The lowest BCUT2D eigenvalue weighted by Gasteiger charge is -2.31. The minimum absolute atomic E-state index is 0.150. The van der Waals surface area contributed by atoms with Crippen molar-refractivity contribution in [2.45, 2.75) is 19.4 Å². The van der Waals surface area contributed by atoms with Crippen molar-refractivity contribution in [3.63, 3.8) is 0 Å². The van der Waals surface area contributed by atoms with E-state index in [0.29, 0.717) is 26.7 Å². The molecule has 1 fully saturated rings. The Hall–Kier alpha value is -3.81. The lowest BCUT2D eigenvalue weighted by molar-refractivity contribution is -0.0214. The van der Waals surface area contributed by atoms with Crippen LogP contribution in [0.15, 0.2) is 42.6 Å². The van der Waals surface area contributed by atoms with Gasteiger partial charge < -0.3 is 19.1 Å². The molecule has 4 heterocycles. The van der Waals surface area contributed by atoms with Crippen molar-refractivity contribution in [2.24, 2.45) is 0 Å². The molecule has 3 aromatic heterocycles. The van der Waals surface area contributed by atoms with E-state index in [2.05, 4.69) is 4.98 Å². The van der Waals surface area contributed by atoms with Gasteiger partial charge in [0.2, 0.25) is 0 Å². The summed E-state index contributed by atoms with van der Waals surface area (Å²) in [7, 11) is 0. The molecule has 1 amide bonds. The lowest BCUT2D eigenvalue weighted by Crippen LogP contribution is -2.45. The van der Waals surface area contributed by atoms with E-state index in [1.807, 2.05) is 25.1 Å². The second kappa shape index (κ2) is 9.09. The van der Waals surface area contributed by atoms with Crippen molar-refractivity contribution in [2.75, 3.05) is 19.7 Å². The standard InChI is InChI=1S/C25H20F2N4O3S/c1-14-4-5-31-20(11-16-13-30(25(32)33)6-7-34-16)24(29-22(31)8-14)23-18(26)9-15(10-19(23)27)21-3-2-17(12-28)35-21/h2-5,8-10,16H,6-7,11,13H2,1H3,(H,32,33)/t16-/m0/s1. The monoisotopic (exact) mass is 494 g/mol. The van der Waals surface area contributed by atoms with Crippen LogP contribution < -0.4 is 0 Å². The molecule has 178 valence electrons. The van der Waals surface area contributed by atoms with Crippen LogP contribution in [0.25, 0.3) is 27.3 Å². The number of nitrogens with zero attached hydrogens (tertiary/aromatic N) is 4. The molecule has 1 N–H and O–H groups in total. The minimum Gasteiger partial charge on any atom is -0.465 e. The molecule has 1 saturated heterocycles. The van der Waals surface area contributed by atoms with Crippen LogP contribution in [0.3, 0.4) is 0 Å². The van der Waals surface area contributed by atoms with Gasteiger partial charge in [0.1, 0.15) is 28.2 Å². The Morgan fingerprint density at radius 3 is 2.74 bits per heavy atom. The predicted octanol–water partition coefficient (Wildman–Crippen LogP) is 5.11. The number of hydrogen-bond donors (Lipinski definition) is 1. The molecule has 0 radical (unpaired) electrons. The number of aryl methyl sites for hydroxylation is 1. The number of aromatic nitrogens is 2. The smallest absolute Gasteiger partial charge is 0.407 e. The molecule has 5 rings (SSSR count). The fourth-order valence-corrected chi connectivity index (χ4v) is 5.11. The number of morpholine rings is 1. The van der Waals surface area contributed by atoms with Gasteiger partial charge in [0.15, 0.2) is 0 Å². The normalized spacial score (nSPS) is 15.9. The van der Waals surface area contributed by atoms with Gasteiger partial charge in [0.25, 0.3) is 0 Å². The van der Waals surface area contributed by atoms with Crippen LogP contribution in [0.4, 0.5) is 13.6 Å². The lowest BCUT2D eigenvalue weighted by atomic mass is 10.0. The van der Waals surface area contributed by atoms with Crippen LogP contribution in [0, 0.1) is 29.9 Å². The average Bonchev–Trinajstić information content (AvgIpc) is 3.44. The molecule has 10 heteroatoms. The first-order chi connectivity index (χ1) is 16.8. The highest BCUT2D eigenvalue weighted by Crippen LogP contribution is 2.36. The molecule has 35 heavy (non-hydrogen) atoms. The molecule has 1 aromatic carbocycles. The summed E-state index contributed by atoms with van der Waals surface area (Å²) in [5, 5.41) is 18.4. The predicted molar refractivity (Wildman–Crippen MR) is 126 cm³/mol. The number of thiophene rings is 1. The molecular formula is C25H20F2N4O3S. The number of ether oxygens (including phenoxy) is 1. The molecule has 1 aliphatic rings. The molecule has 0 bridgehead atoms. The zero-order valence-electron chi connectivity index (χ0n) is 18.7. The van der Waals surface area contributed by atoms with E-state index in [-0.39, 0.29) is 37.4 Å². The summed E-state index contributed by atoms with van der Waals surface area (Å²) in [4.78, 5) is 18.3. The largest absolute Gasteiger partial charge is 0.465 e. The van der Waals surface area contributed by atoms with Gasteiger partial charge in [-0.15, -0.1) is 11.3 Å². The van der Waals surface area contributed by atoms with E-state index in [1.54, 1.807) is 22.7 Å². The van der Waals surface area contributed by atoms with E-state index in [0.717, 1.165) is 16.9 Å². The number of carboxylic acid groups (broad SMARTS) is 1. The molecule has 1 aliphatic heterocycles. The topological polar surface area (TPSA) is 90.9 Å². The highest BCUT2D eigenvalue weighted by Gasteiger charge is 2.28. The van der Waals surface area contributed by atoms with Gasteiger partial charge in [-0.25, -0.2) is 18.6 Å². The third kappa shape index (κ3) is 4.36. The van der Waals surface area contributed by atoms with Gasteiger partial charge >= 0.3 is 6.09 Å². The molecule has 4 aromatic rings. The molecule has 0 unspecified atom stereocenters. The summed E-state index contributed by atoms with van der Waals surface area (Å²) in [6.07, 6.45) is 0.488. The summed E-state index contributed by atoms with van der Waals surface area (Å²) >= 11 is 1.16. The summed E-state index contributed by atoms with van der Waals surface area (Å²) in [5.74, 6) is -1.55. The highest BCUT2D eigenvalue weighted by molar-refractivity contribution is 7.16. The number of fused-ring (bicyclic) bond motifs is 1. The number of halogens is 2. The van der Waals surface area contributed by atoms with Crippen LogP contribution in [-0.4, -0.2) is 51.3 Å². The quantitative estimate of drug-likeness (QED) is 0.426. The van der Waals surface area contributed by atoms with Crippen LogP contribution in [0.5, 0.6) is 0 Å². The van der Waals surface area contributed by atoms with Crippen molar-refractivity contribution < 1.29 is 23.4 Å². The van der Waals surface area contributed by atoms with Crippen LogP contribution >= 0.6 is 11.3 Å². The Balaban J connectivity index is 1.60. The number of carbonyl (C=O) groups is 1. The number of pyridine rings is 1. The Labute approximate surface area is 203 Å². The maximum atomic E-state index is 15.4. The molecule has 0 saturated carbocycles. The van der Waals surface area contributed by atoms with E-state index in [9.17, 15) is 9.90 Å². The Morgan fingerprint density at radius 2 is 2.06 bits per heavy atom. The summed E-state index contributed by atoms with van der Waals surface area (Å²) in [6.45, 7) is 2.56. The van der Waals surface area contributed by atoms with Gasteiger partial charge in [-0.1, -0.05) is 0 Å². The number of rotatable bonds is 4. The van der Waals surface area contributed by atoms with E-state index in [4.69, 9.17) is 10.00 Å². The second-order valence-electron chi connectivity index (χ2n) is 8.36. The molecule has 7 nitrogen and oxygen atoms in total. The van der Waals surface area contributed by atoms with Crippen LogP contribution in [-0.2, 0) is 11.2 Å². The van der Waals surface area contributed by atoms with Crippen molar-refractivity contribution in [3.8, 4) is 27.8 Å². The van der Waals surface area contributed by atoms with E-state index < -0.39 is 23.8 Å². The van der Waals surface area contributed by atoms with E-state index in [1.165, 1.54) is 17.0 Å². The zero-order chi connectivity index (χ0) is 24.7. The Kier molecular flexibility index (Phi) is 5.96. The Bertz CT molecular complexity index is 1470. The molecule has 0 aliphatic carbocycles. The van der Waals surface area contributed by atoms with Crippen LogP contribution in [0.2, 0.25) is 0 Å². The summed E-state index contributed by atoms with van der Waals surface area (Å²) in [5.41, 5.74) is 2.23. The fourth-order valence-electron chi connectivity index (χ4n) is 4.32. The summed E-state index contributed by atoms with van der Waals surface area (Å²) in [6, 6.07) is 11.5. The maximum Gasteiger partial charge on any atom is 0.407 e. The number of nitriles is 1. The van der Waals surface area contributed by atoms with Gasteiger partial charge in [-0.05, 0) is 54.4 Å². The van der Waals surface area contributed by atoms with Gasteiger partial charge in [-0.3, -0.25) is 0 Å². The van der Waals surface area contributed by atoms with Crippen molar-refractivity contribution >= 4 is 23.1 Å². The van der Waals surface area contributed by atoms with Gasteiger partial charge in [0.05, 0.1) is 36.2 Å². The summed E-state index contributed by atoms with van der Waals surface area (Å²) < 4.78 is 38.4. The van der Waals surface area contributed by atoms with Crippen LogP contribution in [0.1, 0.15) is 16.1 Å². The fraction of sp³-hybridized carbons (Fsp3) is 0.240. The second-order valence-corrected chi connectivity index (χ2v) is 9.44. The maximum absolute atomic E-state index is 15.4. The van der Waals surface area contributed by atoms with Gasteiger partial charge in [0, 0.05) is 24.0 Å². The SMILES string of the molecule is Cc1ccn2c(C[C@H]3CN(C(=O)O)CCO3)c(-c3c(F)cc(-c4ccc(C#N)s4)cc3F)nc2c1. The molecule has 1 atom stereocenters. The highest BCUT2D eigenvalue weighted by atomic mass is 32.1. The number of imidazole rings is 1. The van der Waals surface area contributed by atoms with Crippen molar-refractivity contribution in [1.82, 2.24) is 14.3 Å². The van der Waals surface area contributed by atoms with Crippen molar-refractivity contribution in [3.05, 3.63) is 70.4 Å². The van der Waals surface area contributed by atoms with E-state index >= 15 is 8.78 Å². The first kappa shape index (κ1) is 23.0. The van der Waals surface area contributed by atoms with Crippen molar-refractivity contribution in [1.29, 1.82) is 5.26 Å². The molecule has 0 spiro atoms. The van der Waals surface area contributed by atoms with Gasteiger partial charge in [-0.2, -0.15) is 5.26 Å². The molecular weight excluding hydrogens is 474 g/mol. The number of benzene rings is 1.